The van der Waals surface area contributed by atoms with Crippen LogP contribution in [0.25, 0.3) is 0 Å². The fraction of sp³-hybridized carbons (Fsp3) is 0.909. The summed E-state index contributed by atoms with van der Waals surface area (Å²) in [6.07, 6.45) is 1.72. The van der Waals surface area contributed by atoms with Gasteiger partial charge >= 0.3 is 0 Å². The molecular weight excluding hydrogens is 190 g/mol. The normalized spacial score (nSPS) is 12.9. The highest BCUT2D eigenvalue weighted by atomic mass is 16.2. The molecule has 15 heavy (non-hydrogen) atoms. The molecule has 90 valence electrons. The van der Waals surface area contributed by atoms with Gasteiger partial charge in [0.25, 0.3) is 0 Å². The molecule has 0 aromatic heterocycles. The van der Waals surface area contributed by atoms with Crippen LogP contribution in [0.15, 0.2) is 0 Å². The molecule has 0 radical (unpaired) electrons. The second kappa shape index (κ2) is 7.65. The number of carbonyl (C=O) groups is 1. The molecule has 4 nitrogen and oxygen atoms in total. The van der Waals surface area contributed by atoms with Gasteiger partial charge in [0, 0.05) is 13.6 Å². The maximum absolute atomic E-state index is 11.8. The molecule has 0 aliphatic carbocycles. The van der Waals surface area contributed by atoms with Crippen molar-refractivity contribution >= 4 is 5.91 Å². The van der Waals surface area contributed by atoms with Gasteiger partial charge < -0.3 is 16.0 Å². The van der Waals surface area contributed by atoms with Crippen LogP contribution in [0.3, 0.4) is 0 Å². The van der Waals surface area contributed by atoms with E-state index in [4.69, 9.17) is 5.73 Å². The van der Waals surface area contributed by atoms with Gasteiger partial charge in [-0.3, -0.25) is 4.79 Å². The molecular formula is C11H25N3O. The molecule has 0 bridgehead atoms. The van der Waals surface area contributed by atoms with E-state index in [1.165, 1.54) is 0 Å². The molecule has 1 amide bonds. The molecule has 0 aliphatic rings. The van der Waals surface area contributed by atoms with Crippen molar-refractivity contribution in [3.63, 3.8) is 0 Å². The van der Waals surface area contributed by atoms with Gasteiger partial charge in [-0.1, -0.05) is 13.8 Å². The topological polar surface area (TPSA) is 58.4 Å². The average molecular weight is 215 g/mol. The van der Waals surface area contributed by atoms with Crippen molar-refractivity contribution in [1.29, 1.82) is 0 Å². The van der Waals surface area contributed by atoms with Crippen molar-refractivity contribution in [2.45, 2.75) is 32.7 Å². The van der Waals surface area contributed by atoms with Gasteiger partial charge in [0.15, 0.2) is 0 Å². The van der Waals surface area contributed by atoms with Gasteiger partial charge in [0.1, 0.15) is 0 Å². The van der Waals surface area contributed by atoms with Crippen LogP contribution in [0, 0.1) is 5.92 Å². The first-order valence-electron chi connectivity index (χ1n) is 5.64. The van der Waals surface area contributed by atoms with Crippen LogP contribution in [0.1, 0.15) is 26.7 Å². The summed E-state index contributed by atoms with van der Waals surface area (Å²) in [7, 11) is 3.73. The minimum absolute atomic E-state index is 0.0554. The van der Waals surface area contributed by atoms with E-state index in [2.05, 4.69) is 19.2 Å². The predicted molar refractivity (Wildman–Crippen MR) is 63.6 cm³/mol. The van der Waals surface area contributed by atoms with E-state index in [-0.39, 0.29) is 11.9 Å². The average Bonchev–Trinajstić information content (AvgIpc) is 2.15. The van der Waals surface area contributed by atoms with Crippen LogP contribution in [0.5, 0.6) is 0 Å². The first kappa shape index (κ1) is 14.4. The second-order valence-electron chi connectivity index (χ2n) is 4.45. The Labute approximate surface area is 93.2 Å². The summed E-state index contributed by atoms with van der Waals surface area (Å²) in [4.78, 5) is 13.5. The maximum Gasteiger partial charge on any atom is 0.239 e. The number of likely N-dealkylation sites (N-methyl/N-ethyl adjacent to an activating group) is 1. The van der Waals surface area contributed by atoms with E-state index in [1.807, 2.05) is 14.1 Å². The summed E-state index contributed by atoms with van der Waals surface area (Å²) in [5.74, 6) is 0.523. The second-order valence-corrected chi connectivity index (χ2v) is 4.45. The molecule has 0 saturated heterocycles. The van der Waals surface area contributed by atoms with Crippen LogP contribution < -0.4 is 11.1 Å². The first-order valence-corrected chi connectivity index (χ1v) is 5.64. The fourth-order valence-electron chi connectivity index (χ4n) is 1.49. The molecule has 0 rings (SSSR count). The highest BCUT2D eigenvalue weighted by molar-refractivity contribution is 5.81. The Morgan fingerprint density at radius 3 is 2.53 bits per heavy atom. The van der Waals surface area contributed by atoms with Crippen LogP contribution >= 0.6 is 0 Å². The van der Waals surface area contributed by atoms with Crippen molar-refractivity contribution < 1.29 is 4.79 Å². The zero-order valence-electron chi connectivity index (χ0n) is 10.4. The third-order valence-corrected chi connectivity index (χ3v) is 2.34. The molecule has 0 aliphatic heterocycles. The van der Waals surface area contributed by atoms with Gasteiger partial charge in [0.2, 0.25) is 5.91 Å². The highest BCUT2D eigenvalue weighted by Crippen LogP contribution is 2.05. The number of amides is 1. The molecule has 0 aromatic rings. The van der Waals surface area contributed by atoms with Crippen molar-refractivity contribution in [3.8, 4) is 0 Å². The van der Waals surface area contributed by atoms with E-state index in [9.17, 15) is 4.79 Å². The number of nitrogens with zero attached hydrogens (tertiary/aromatic N) is 1. The zero-order chi connectivity index (χ0) is 11.8. The van der Waals surface area contributed by atoms with E-state index >= 15 is 0 Å². The number of nitrogens with one attached hydrogen (secondary N) is 1. The van der Waals surface area contributed by atoms with Gasteiger partial charge in [-0.25, -0.2) is 0 Å². The lowest BCUT2D eigenvalue weighted by molar-refractivity contribution is -0.131. The number of hydrogen-bond acceptors (Lipinski definition) is 3. The molecule has 0 aromatic carbocycles. The van der Waals surface area contributed by atoms with Gasteiger partial charge in [0.05, 0.1) is 6.04 Å². The minimum Gasteiger partial charge on any atom is -0.344 e. The largest absolute Gasteiger partial charge is 0.344 e. The number of hydrogen-bond donors (Lipinski definition) is 2. The summed E-state index contributed by atoms with van der Waals surface area (Å²) in [5.41, 5.74) is 5.82. The van der Waals surface area contributed by atoms with Crippen molar-refractivity contribution in [2.75, 3.05) is 27.2 Å². The first-order chi connectivity index (χ1) is 6.99. The lowest BCUT2D eigenvalue weighted by atomic mass is 10.0. The highest BCUT2D eigenvalue weighted by Gasteiger charge is 2.18. The van der Waals surface area contributed by atoms with Crippen LogP contribution in [0.2, 0.25) is 0 Å². The molecule has 0 saturated carbocycles. The summed E-state index contributed by atoms with van der Waals surface area (Å²) in [5, 5.41) is 3.05. The van der Waals surface area contributed by atoms with Gasteiger partial charge in [-0.15, -0.1) is 0 Å². The molecule has 0 unspecified atom stereocenters. The molecule has 0 spiro atoms. The lowest BCUT2D eigenvalue weighted by Gasteiger charge is -2.22. The number of carbonyl (C=O) groups excluding carboxylic acids is 1. The zero-order valence-corrected chi connectivity index (χ0v) is 10.4. The predicted octanol–water partition coefficient (Wildman–Crippen LogP) is 0.428. The third-order valence-electron chi connectivity index (χ3n) is 2.34. The number of rotatable bonds is 7. The maximum atomic E-state index is 11.8. The molecule has 1 atom stereocenters. The van der Waals surface area contributed by atoms with Gasteiger partial charge in [-0.05, 0) is 32.4 Å². The Bertz CT molecular complexity index is 183. The van der Waals surface area contributed by atoms with Crippen molar-refractivity contribution in [1.82, 2.24) is 10.2 Å². The Morgan fingerprint density at radius 1 is 1.47 bits per heavy atom. The van der Waals surface area contributed by atoms with Gasteiger partial charge in [-0.2, -0.15) is 0 Å². The minimum atomic E-state index is -0.343. The molecule has 4 heteroatoms. The van der Waals surface area contributed by atoms with Crippen molar-refractivity contribution in [3.05, 3.63) is 0 Å². The standard InChI is InChI=1S/C11H25N3O/c1-9(2)8-10(12)11(15)14(4)7-5-6-13-3/h9-10,13H,5-8,12H2,1-4H3/t10-/m1/s1. The number of nitrogens with two attached hydrogens (primary N) is 1. The van der Waals surface area contributed by atoms with Crippen LogP contribution in [0.4, 0.5) is 0 Å². The van der Waals surface area contributed by atoms with E-state index < -0.39 is 0 Å². The summed E-state index contributed by atoms with van der Waals surface area (Å²) in [6.45, 7) is 5.85. The Kier molecular flexibility index (Phi) is 7.34. The monoisotopic (exact) mass is 215 g/mol. The SMILES string of the molecule is CNCCCN(C)C(=O)[C@H](N)CC(C)C. The Morgan fingerprint density at radius 2 is 2.07 bits per heavy atom. The summed E-state index contributed by atoms with van der Waals surface area (Å²) >= 11 is 0. The summed E-state index contributed by atoms with van der Waals surface area (Å²) < 4.78 is 0. The van der Waals surface area contributed by atoms with Crippen LogP contribution in [-0.4, -0.2) is 44.0 Å². The summed E-state index contributed by atoms with van der Waals surface area (Å²) in [6, 6.07) is -0.343. The van der Waals surface area contributed by atoms with E-state index in [1.54, 1.807) is 4.90 Å². The molecule has 3 N–H and O–H groups in total. The van der Waals surface area contributed by atoms with E-state index in [0.29, 0.717) is 5.92 Å². The third kappa shape index (κ3) is 6.47. The molecule has 0 fully saturated rings. The smallest absolute Gasteiger partial charge is 0.239 e. The van der Waals surface area contributed by atoms with Crippen molar-refractivity contribution in [2.24, 2.45) is 11.7 Å². The lowest BCUT2D eigenvalue weighted by Crippen LogP contribution is -2.43. The van der Waals surface area contributed by atoms with Crippen LogP contribution in [-0.2, 0) is 4.79 Å². The Hall–Kier alpha value is -0.610. The van der Waals surface area contributed by atoms with E-state index in [0.717, 1.165) is 25.9 Å². The quantitative estimate of drug-likeness (QED) is 0.605. The Balaban J connectivity index is 3.85. The fourth-order valence-corrected chi connectivity index (χ4v) is 1.49. The molecule has 0 heterocycles.